The van der Waals surface area contributed by atoms with E-state index in [4.69, 9.17) is 5.84 Å². The van der Waals surface area contributed by atoms with Gasteiger partial charge in [-0.3, -0.25) is 0 Å². The Labute approximate surface area is 96.7 Å². The molecule has 0 unspecified atom stereocenters. The van der Waals surface area contributed by atoms with Crippen LogP contribution in [0.15, 0.2) is 29.7 Å². The average molecular weight is 234 g/mol. The molecule has 0 aliphatic heterocycles. The molecule has 0 amide bonds. The summed E-state index contributed by atoms with van der Waals surface area (Å²) >= 11 is 1.49. The number of hydrogen-bond acceptors (Lipinski definition) is 7. The highest BCUT2D eigenvalue weighted by Crippen LogP contribution is 2.19. The summed E-state index contributed by atoms with van der Waals surface area (Å²) in [5.41, 5.74) is 4.09. The number of nitrogen functional groups attached to an aromatic ring is 1. The normalized spacial score (nSPS) is 10.1. The third-order valence-corrected chi connectivity index (χ3v) is 2.48. The number of anilines is 1. The Morgan fingerprint density at radius 3 is 3.06 bits per heavy atom. The third-order valence-electron chi connectivity index (χ3n) is 1.91. The second kappa shape index (κ2) is 4.86. The second-order valence-corrected chi connectivity index (χ2v) is 3.68. The number of hydrazine groups is 1. The van der Waals surface area contributed by atoms with Gasteiger partial charge in [-0.05, 0) is 18.4 Å². The second-order valence-electron chi connectivity index (χ2n) is 2.90. The Hall–Kier alpha value is -1.73. The van der Waals surface area contributed by atoms with Crippen molar-refractivity contribution >= 4 is 17.6 Å². The van der Waals surface area contributed by atoms with Gasteiger partial charge in [0.1, 0.15) is 0 Å². The topological polar surface area (TPSA) is 89.6 Å². The first-order valence-corrected chi connectivity index (χ1v) is 5.72. The minimum Gasteiger partial charge on any atom is -0.307 e. The number of nitrogens with one attached hydrogen (secondary N) is 1. The molecule has 2 aromatic heterocycles. The maximum absolute atomic E-state index is 5.26. The summed E-state index contributed by atoms with van der Waals surface area (Å²) in [5.74, 6) is 5.77. The Morgan fingerprint density at radius 1 is 1.44 bits per heavy atom. The Morgan fingerprint density at radius 2 is 2.31 bits per heavy atom. The van der Waals surface area contributed by atoms with Crippen LogP contribution in [0.25, 0.3) is 11.3 Å². The van der Waals surface area contributed by atoms with E-state index in [1.807, 2.05) is 12.3 Å². The molecule has 0 atom stereocenters. The number of hydrogen-bond donors (Lipinski definition) is 2. The number of nitrogens with zero attached hydrogens (tertiary/aromatic N) is 4. The Balaban J connectivity index is 2.41. The van der Waals surface area contributed by atoms with Gasteiger partial charge in [-0.1, -0.05) is 11.8 Å². The summed E-state index contributed by atoms with van der Waals surface area (Å²) in [6.07, 6.45) is 5.27. The fourth-order valence-electron chi connectivity index (χ4n) is 1.18. The van der Waals surface area contributed by atoms with Crippen LogP contribution in [0.4, 0.5) is 5.82 Å². The molecule has 0 saturated heterocycles. The van der Waals surface area contributed by atoms with Crippen LogP contribution in [0.3, 0.4) is 0 Å². The zero-order valence-electron chi connectivity index (χ0n) is 8.58. The molecule has 3 N–H and O–H groups in total. The van der Waals surface area contributed by atoms with Crippen LogP contribution in [0.2, 0.25) is 0 Å². The molecule has 2 aromatic rings. The van der Waals surface area contributed by atoms with Crippen molar-refractivity contribution in [2.24, 2.45) is 5.84 Å². The van der Waals surface area contributed by atoms with Gasteiger partial charge in [0.15, 0.2) is 11.0 Å². The lowest BCUT2D eigenvalue weighted by molar-refractivity contribution is 0.968. The molecule has 82 valence electrons. The van der Waals surface area contributed by atoms with Crippen molar-refractivity contribution in [3.8, 4) is 11.3 Å². The molecule has 16 heavy (non-hydrogen) atoms. The fourth-order valence-corrected chi connectivity index (χ4v) is 1.53. The van der Waals surface area contributed by atoms with Crippen LogP contribution < -0.4 is 11.3 Å². The van der Waals surface area contributed by atoms with Crippen molar-refractivity contribution in [3.05, 3.63) is 24.5 Å². The lowest BCUT2D eigenvalue weighted by Crippen LogP contribution is -2.09. The Bertz CT molecular complexity index is 443. The van der Waals surface area contributed by atoms with E-state index < -0.39 is 0 Å². The van der Waals surface area contributed by atoms with Gasteiger partial charge in [-0.25, -0.2) is 15.8 Å². The molecular formula is C9H10N6S. The van der Waals surface area contributed by atoms with Crippen molar-refractivity contribution in [1.29, 1.82) is 0 Å². The van der Waals surface area contributed by atoms with Crippen LogP contribution in [0, 0.1) is 0 Å². The van der Waals surface area contributed by atoms with E-state index in [1.165, 1.54) is 11.8 Å². The van der Waals surface area contributed by atoms with Crippen LogP contribution in [0.5, 0.6) is 0 Å². The molecule has 0 fully saturated rings. The fraction of sp³-hybridized carbons (Fsp3) is 0.111. The molecule has 2 rings (SSSR count). The minimum absolute atomic E-state index is 0.502. The molecule has 0 aliphatic rings. The monoisotopic (exact) mass is 234 g/mol. The lowest BCUT2D eigenvalue weighted by atomic mass is 10.2. The molecule has 0 saturated carbocycles. The van der Waals surface area contributed by atoms with E-state index in [0.717, 1.165) is 16.4 Å². The SMILES string of the molecule is CSc1nccc(-c2cnnc(NN)c2)n1. The quantitative estimate of drug-likeness (QED) is 0.353. The van der Waals surface area contributed by atoms with E-state index in [-0.39, 0.29) is 0 Å². The predicted molar refractivity (Wildman–Crippen MR) is 62.6 cm³/mol. The predicted octanol–water partition coefficient (Wildman–Crippen LogP) is 0.941. The summed E-state index contributed by atoms with van der Waals surface area (Å²) in [7, 11) is 0. The van der Waals surface area contributed by atoms with E-state index in [0.29, 0.717) is 5.82 Å². The van der Waals surface area contributed by atoms with Gasteiger partial charge >= 0.3 is 0 Å². The number of rotatable bonds is 3. The smallest absolute Gasteiger partial charge is 0.187 e. The number of aromatic nitrogens is 4. The maximum atomic E-state index is 5.26. The third kappa shape index (κ3) is 2.26. The zero-order chi connectivity index (χ0) is 11.4. The Kier molecular flexibility index (Phi) is 3.28. The lowest BCUT2D eigenvalue weighted by Gasteiger charge is -2.03. The van der Waals surface area contributed by atoms with Crippen LogP contribution >= 0.6 is 11.8 Å². The molecule has 0 aliphatic carbocycles. The summed E-state index contributed by atoms with van der Waals surface area (Å²) in [6, 6.07) is 3.59. The van der Waals surface area contributed by atoms with Crippen molar-refractivity contribution < 1.29 is 0 Å². The molecule has 0 radical (unpaired) electrons. The highest BCUT2D eigenvalue weighted by molar-refractivity contribution is 7.98. The van der Waals surface area contributed by atoms with Gasteiger partial charge in [0, 0.05) is 11.8 Å². The number of thioether (sulfide) groups is 1. The zero-order valence-corrected chi connectivity index (χ0v) is 9.40. The average Bonchev–Trinajstić information content (AvgIpc) is 2.39. The number of nitrogens with two attached hydrogens (primary N) is 1. The van der Waals surface area contributed by atoms with Gasteiger partial charge in [-0.2, -0.15) is 5.10 Å². The maximum Gasteiger partial charge on any atom is 0.187 e. The molecule has 0 aromatic carbocycles. The molecule has 6 nitrogen and oxygen atoms in total. The highest BCUT2D eigenvalue weighted by atomic mass is 32.2. The van der Waals surface area contributed by atoms with Crippen LogP contribution in [-0.4, -0.2) is 26.4 Å². The highest BCUT2D eigenvalue weighted by Gasteiger charge is 2.03. The van der Waals surface area contributed by atoms with Gasteiger partial charge < -0.3 is 5.43 Å². The summed E-state index contributed by atoms with van der Waals surface area (Å²) in [4.78, 5) is 8.45. The first-order chi connectivity index (χ1) is 7.83. The van der Waals surface area contributed by atoms with Gasteiger partial charge in [0.05, 0.1) is 11.9 Å². The summed E-state index contributed by atoms with van der Waals surface area (Å²) in [6.45, 7) is 0. The molecule has 2 heterocycles. The van der Waals surface area contributed by atoms with E-state index in [2.05, 4.69) is 25.6 Å². The van der Waals surface area contributed by atoms with Gasteiger partial charge in [-0.15, -0.1) is 5.10 Å². The van der Waals surface area contributed by atoms with Crippen molar-refractivity contribution in [3.63, 3.8) is 0 Å². The summed E-state index contributed by atoms with van der Waals surface area (Å²) in [5, 5.41) is 8.34. The molecule has 7 heteroatoms. The van der Waals surface area contributed by atoms with E-state index >= 15 is 0 Å². The minimum atomic E-state index is 0.502. The molecule has 0 bridgehead atoms. The van der Waals surface area contributed by atoms with Crippen molar-refractivity contribution in [2.45, 2.75) is 5.16 Å². The molecular weight excluding hydrogens is 224 g/mol. The van der Waals surface area contributed by atoms with Crippen molar-refractivity contribution in [1.82, 2.24) is 20.2 Å². The summed E-state index contributed by atoms with van der Waals surface area (Å²) < 4.78 is 0. The van der Waals surface area contributed by atoms with Gasteiger partial charge in [0.2, 0.25) is 0 Å². The van der Waals surface area contributed by atoms with E-state index in [9.17, 15) is 0 Å². The van der Waals surface area contributed by atoms with E-state index in [1.54, 1.807) is 18.5 Å². The van der Waals surface area contributed by atoms with Crippen LogP contribution in [0.1, 0.15) is 0 Å². The molecule has 0 spiro atoms. The van der Waals surface area contributed by atoms with Crippen molar-refractivity contribution in [2.75, 3.05) is 11.7 Å². The largest absolute Gasteiger partial charge is 0.307 e. The first kappa shape index (κ1) is 10.8. The first-order valence-electron chi connectivity index (χ1n) is 4.50. The van der Waals surface area contributed by atoms with Gasteiger partial charge in [0.25, 0.3) is 0 Å². The van der Waals surface area contributed by atoms with Crippen LogP contribution in [-0.2, 0) is 0 Å². The standard InChI is InChI=1S/C9H10N6S/c1-16-9-11-3-2-7(13-9)6-4-8(14-10)15-12-5-6/h2-5H,10H2,1H3,(H,14,15).